The summed E-state index contributed by atoms with van der Waals surface area (Å²) in [5.41, 5.74) is 1.30. The quantitative estimate of drug-likeness (QED) is 0.533. The Labute approximate surface area is 196 Å². The standard InChI is InChI=1S/C24H33N3O5S/c1-4-27(5-2)33(29,30)21-13-14-23(26-15-7-8-16-26)22(17-21)25-24(28)18-32-20-11-9-19(10-12-20)31-6-3/h9-14,17H,4-8,15-16,18H2,1-3H3,(H,25,28). The Morgan fingerprint density at radius 1 is 0.970 bits per heavy atom. The molecule has 3 rings (SSSR count). The Morgan fingerprint density at radius 2 is 1.58 bits per heavy atom. The van der Waals surface area contributed by atoms with Crippen LogP contribution in [0.5, 0.6) is 11.5 Å². The van der Waals surface area contributed by atoms with Gasteiger partial charge in [0.05, 0.1) is 22.9 Å². The van der Waals surface area contributed by atoms with Crippen LogP contribution in [0.15, 0.2) is 47.4 Å². The first-order valence-electron chi connectivity index (χ1n) is 11.4. The number of hydrogen-bond donors (Lipinski definition) is 1. The number of ether oxygens (including phenoxy) is 2. The van der Waals surface area contributed by atoms with Gasteiger partial charge in [-0.05, 0) is 62.2 Å². The van der Waals surface area contributed by atoms with Crippen molar-refractivity contribution in [2.24, 2.45) is 0 Å². The lowest BCUT2D eigenvalue weighted by Gasteiger charge is -2.24. The van der Waals surface area contributed by atoms with Gasteiger partial charge in [0.2, 0.25) is 10.0 Å². The average molecular weight is 476 g/mol. The van der Waals surface area contributed by atoms with Crippen LogP contribution < -0.4 is 19.7 Å². The van der Waals surface area contributed by atoms with Crippen LogP contribution in [0.2, 0.25) is 0 Å². The van der Waals surface area contributed by atoms with E-state index < -0.39 is 10.0 Å². The molecule has 2 aromatic carbocycles. The predicted molar refractivity (Wildman–Crippen MR) is 130 cm³/mol. The second kappa shape index (κ2) is 11.4. The fraction of sp³-hybridized carbons (Fsp3) is 0.458. The fourth-order valence-electron chi connectivity index (χ4n) is 3.86. The van der Waals surface area contributed by atoms with Crippen LogP contribution in [0.25, 0.3) is 0 Å². The van der Waals surface area contributed by atoms with Crippen LogP contribution >= 0.6 is 0 Å². The summed E-state index contributed by atoms with van der Waals surface area (Å²) in [6, 6.07) is 12.0. The third-order valence-electron chi connectivity index (χ3n) is 5.54. The molecule has 9 heteroatoms. The van der Waals surface area contributed by atoms with E-state index in [0.29, 0.717) is 31.1 Å². The van der Waals surface area contributed by atoms with Gasteiger partial charge in [-0.15, -0.1) is 0 Å². The molecule has 1 N–H and O–H groups in total. The SMILES string of the molecule is CCOc1ccc(OCC(=O)Nc2cc(S(=O)(=O)N(CC)CC)ccc2N2CCCC2)cc1. The first-order valence-corrected chi connectivity index (χ1v) is 12.9. The highest BCUT2D eigenvalue weighted by atomic mass is 32.2. The minimum absolute atomic E-state index is 0.164. The zero-order valence-electron chi connectivity index (χ0n) is 19.5. The van der Waals surface area contributed by atoms with Gasteiger partial charge in [-0.3, -0.25) is 4.79 Å². The van der Waals surface area contributed by atoms with Crippen molar-refractivity contribution in [1.82, 2.24) is 4.31 Å². The molecule has 0 bridgehead atoms. The molecule has 1 aliphatic rings. The lowest BCUT2D eigenvalue weighted by molar-refractivity contribution is -0.118. The van der Waals surface area contributed by atoms with Gasteiger partial charge in [-0.25, -0.2) is 8.42 Å². The van der Waals surface area contributed by atoms with Gasteiger partial charge in [0.1, 0.15) is 11.5 Å². The highest BCUT2D eigenvalue weighted by Crippen LogP contribution is 2.32. The Balaban J connectivity index is 1.77. The molecule has 1 saturated heterocycles. The lowest BCUT2D eigenvalue weighted by atomic mass is 10.2. The second-order valence-electron chi connectivity index (χ2n) is 7.70. The maximum atomic E-state index is 13.0. The van der Waals surface area contributed by atoms with E-state index in [4.69, 9.17) is 9.47 Å². The summed E-state index contributed by atoms with van der Waals surface area (Å²) in [5, 5.41) is 2.86. The van der Waals surface area contributed by atoms with E-state index in [1.165, 1.54) is 4.31 Å². The molecule has 1 amide bonds. The lowest BCUT2D eigenvalue weighted by Crippen LogP contribution is -2.31. The van der Waals surface area contributed by atoms with Crippen molar-refractivity contribution in [3.8, 4) is 11.5 Å². The van der Waals surface area contributed by atoms with Gasteiger partial charge >= 0.3 is 0 Å². The molecule has 2 aromatic rings. The molecule has 0 aromatic heterocycles. The Morgan fingerprint density at radius 3 is 2.15 bits per heavy atom. The van der Waals surface area contributed by atoms with E-state index in [1.807, 2.05) is 6.92 Å². The fourth-order valence-corrected chi connectivity index (χ4v) is 5.34. The van der Waals surface area contributed by atoms with E-state index in [9.17, 15) is 13.2 Å². The third kappa shape index (κ3) is 6.17. The molecule has 8 nitrogen and oxygen atoms in total. The van der Waals surface area contributed by atoms with Crippen molar-refractivity contribution >= 4 is 27.3 Å². The maximum Gasteiger partial charge on any atom is 0.262 e. The number of amides is 1. The van der Waals surface area contributed by atoms with Crippen LogP contribution in [0.1, 0.15) is 33.6 Å². The van der Waals surface area contributed by atoms with Gasteiger partial charge in [-0.1, -0.05) is 13.8 Å². The maximum absolute atomic E-state index is 13.0. The molecule has 33 heavy (non-hydrogen) atoms. The molecular formula is C24H33N3O5S. The van der Waals surface area contributed by atoms with Crippen molar-refractivity contribution in [1.29, 1.82) is 0 Å². The highest BCUT2D eigenvalue weighted by molar-refractivity contribution is 7.89. The average Bonchev–Trinajstić information content (AvgIpc) is 3.34. The zero-order chi connectivity index (χ0) is 23.8. The molecule has 0 radical (unpaired) electrons. The molecule has 0 atom stereocenters. The second-order valence-corrected chi connectivity index (χ2v) is 9.64. The molecule has 1 fully saturated rings. The number of nitrogens with one attached hydrogen (secondary N) is 1. The number of benzene rings is 2. The van der Waals surface area contributed by atoms with Crippen LogP contribution in [0, 0.1) is 0 Å². The van der Waals surface area contributed by atoms with Crippen LogP contribution in [0.3, 0.4) is 0 Å². The topological polar surface area (TPSA) is 88.2 Å². The third-order valence-corrected chi connectivity index (χ3v) is 7.58. The molecule has 0 spiro atoms. The first-order chi connectivity index (χ1) is 15.9. The van der Waals surface area contributed by atoms with E-state index in [1.54, 1.807) is 56.3 Å². The number of hydrogen-bond acceptors (Lipinski definition) is 6. The summed E-state index contributed by atoms with van der Waals surface area (Å²) in [6.45, 7) is 8.40. The summed E-state index contributed by atoms with van der Waals surface area (Å²) in [4.78, 5) is 15.0. The Kier molecular flexibility index (Phi) is 8.57. The predicted octanol–water partition coefficient (Wildman–Crippen LogP) is 3.73. The number of nitrogens with zero attached hydrogens (tertiary/aromatic N) is 2. The number of rotatable bonds is 11. The number of carbonyl (C=O) groups is 1. The molecule has 0 unspecified atom stereocenters. The van der Waals surface area contributed by atoms with E-state index >= 15 is 0 Å². The van der Waals surface area contributed by atoms with Crippen molar-refractivity contribution < 1.29 is 22.7 Å². The summed E-state index contributed by atoms with van der Waals surface area (Å²) in [6.07, 6.45) is 2.13. The largest absolute Gasteiger partial charge is 0.494 e. The Bertz CT molecular complexity index is 1030. The van der Waals surface area contributed by atoms with Crippen molar-refractivity contribution in [3.05, 3.63) is 42.5 Å². The minimum atomic E-state index is -3.64. The summed E-state index contributed by atoms with van der Waals surface area (Å²) >= 11 is 0. The zero-order valence-corrected chi connectivity index (χ0v) is 20.4. The van der Waals surface area contributed by atoms with Crippen molar-refractivity contribution in [3.63, 3.8) is 0 Å². The number of carbonyl (C=O) groups excluding carboxylic acids is 1. The normalized spacial score (nSPS) is 13.9. The van der Waals surface area contributed by atoms with Crippen LogP contribution in [-0.4, -0.2) is 58.0 Å². The van der Waals surface area contributed by atoms with Gasteiger partial charge in [-0.2, -0.15) is 4.31 Å². The number of anilines is 2. The minimum Gasteiger partial charge on any atom is -0.494 e. The monoisotopic (exact) mass is 475 g/mol. The summed E-state index contributed by atoms with van der Waals surface area (Å²) in [7, 11) is -3.64. The Hall–Kier alpha value is -2.78. The molecule has 0 aliphatic carbocycles. The smallest absolute Gasteiger partial charge is 0.262 e. The van der Waals surface area contributed by atoms with Crippen LogP contribution in [0.4, 0.5) is 11.4 Å². The highest BCUT2D eigenvalue weighted by Gasteiger charge is 2.25. The van der Waals surface area contributed by atoms with Gasteiger partial charge < -0.3 is 19.7 Å². The summed E-state index contributed by atoms with van der Waals surface area (Å²) < 4.78 is 38.4. The molecule has 0 saturated carbocycles. The molecule has 1 aliphatic heterocycles. The number of sulfonamides is 1. The molecule has 180 valence electrons. The van der Waals surface area contributed by atoms with Crippen molar-refractivity contribution in [2.75, 3.05) is 49.6 Å². The summed E-state index contributed by atoms with van der Waals surface area (Å²) in [5.74, 6) is 0.920. The first kappa shape index (κ1) is 24.9. The molecular weight excluding hydrogens is 442 g/mol. The van der Waals surface area contributed by atoms with Crippen molar-refractivity contribution in [2.45, 2.75) is 38.5 Å². The molecule has 1 heterocycles. The van der Waals surface area contributed by atoms with Crippen LogP contribution in [-0.2, 0) is 14.8 Å². The van der Waals surface area contributed by atoms with Gasteiger partial charge in [0, 0.05) is 26.2 Å². The van der Waals surface area contributed by atoms with Gasteiger partial charge in [0.25, 0.3) is 5.91 Å². The van der Waals surface area contributed by atoms with E-state index in [-0.39, 0.29) is 17.4 Å². The van der Waals surface area contributed by atoms with Gasteiger partial charge in [0.15, 0.2) is 6.61 Å². The van der Waals surface area contributed by atoms with E-state index in [0.717, 1.165) is 37.4 Å². The van der Waals surface area contributed by atoms with E-state index in [2.05, 4.69) is 10.2 Å².